The average Bonchev–Trinajstić information content (AvgIpc) is 3.49. The molecule has 4 rings (SSSR count). The van der Waals surface area contributed by atoms with Crippen LogP contribution in [0.4, 0.5) is 4.39 Å². The first-order valence-electron chi connectivity index (χ1n) is 8.93. The molecule has 1 aromatic heterocycles. The fraction of sp³-hybridized carbons (Fsp3) is 0.174. The zero-order valence-corrected chi connectivity index (χ0v) is 18.0. The molecule has 0 atom stereocenters. The number of aromatic nitrogens is 1. The summed E-state index contributed by atoms with van der Waals surface area (Å²) in [5.74, 6) is 0.257. The molecule has 4 heteroatoms. The van der Waals surface area contributed by atoms with E-state index in [1.807, 2.05) is 30.3 Å². The molecule has 136 valence electrons. The predicted molar refractivity (Wildman–Crippen MR) is 118 cm³/mol. The lowest BCUT2D eigenvalue weighted by atomic mass is 9.90. The molecule has 0 N–H and O–H groups in total. The smallest absolute Gasteiger partial charge is 0.123 e. The maximum Gasteiger partial charge on any atom is 0.123 e. The van der Waals surface area contributed by atoms with Gasteiger partial charge in [-0.15, -0.1) is 0 Å². The molecule has 3 aromatic rings. The number of halogens is 3. The highest BCUT2D eigenvalue weighted by Crippen LogP contribution is 2.46. The summed E-state index contributed by atoms with van der Waals surface area (Å²) in [6.45, 7) is 2.10. The molecular formula is C23H18Br2FN. The van der Waals surface area contributed by atoms with Gasteiger partial charge in [0.2, 0.25) is 0 Å². The molecule has 1 heterocycles. The molecule has 0 unspecified atom stereocenters. The Morgan fingerprint density at radius 2 is 1.67 bits per heavy atom. The summed E-state index contributed by atoms with van der Waals surface area (Å²) < 4.78 is 14.4. The zero-order valence-electron chi connectivity index (χ0n) is 14.8. The van der Waals surface area contributed by atoms with Gasteiger partial charge >= 0.3 is 0 Å². The van der Waals surface area contributed by atoms with Crippen molar-refractivity contribution in [3.05, 3.63) is 80.6 Å². The predicted octanol–water partition coefficient (Wildman–Crippen LogP) is 7.83. The maximum absolute atomic E-state index is 13.5. The van der Waals surface area contributed by atoms with Gasteiger partial charge < -0.3 is 0 Å². The Kier molecular flexibility index (Phi) is 5.29. The first-order chi connectivity index (χ1) is 13.0. The van der Waals surface area contributed by atoms with Gasteiger partial charge in [0.25, 0.3) is 0 Å². The van der Waals surface area contributed by atoms with Crippen molar-refractivity contribution in [2.24, 2.45) is 0 Å². The van der Waals surface area contributed by atoms with Crippen LogP contribution in [0.15, 0.2) is 58.0 Å². The van der Waals surface area contributed by atoms with Crippen molar-refractivity contribution in [1.29, 1.82) is 0 Å². The van der Waals surface area contributed by atoms with Crippen LogP contribution < -0.4 is 0 Å². The molecule has 0 bridgehead atoms. The highest BCUT2D eigenvalue weighted by Gasteiger charge is 2.30. The van der Waals surface area contributed by atoms with Crippen LogP contribution in [0.5, 0.6) is 0 Å². The fourth-order valence-electron chi connectivity index (χ4n) is 3.50. The summed E-state index contributed by atoms with van der Waals surface area (Å²) in [4.78, 5) is 5.10. The fourth-order valence-corrected chi connectivity index (χ4v) is 3.96. The number of benzene rings is 2. The van der Waals surface area contributed by atoms with Crippen molar-refractivity contribution in [3.63, 3.8) is 0 Å². The highest BCUT2D eigenvalue weighted by atomic mass is 79.9. The normalized spacial score (nSPS) is 13.5. The van der Waals surface area contributed by atoms with Crippen LogP contribution in [-0.2, 0) is 0 Å². The SMILES string of the molecule is Cc1c(-c2ccccc2)nc(C2CC2)c(C=C(Br)Br)c1-c1ccc(F)cc1. The van der Waals surface area contributed by atoms with Gasteiger partial charge in [0, 0.05) is 17.0 Å². The second kappa shape index (κ2) is 7.69. The van der Waals surface area contributed by atoms with Crippen molar-refractivity contribution in [2.45, 2.75) is 25.7 Å². The summed E-state index contributed by atoms with van der Waals surface area (Å²) in [6, 6.07) is 17.0. The van der Waals surface area contributed by atoms with Crippen LogP contribution in [0.1, 0.15) is 35.6 Å². The van der Waals surface area contributed by atoms with Gasteiger partial charge in [0.05, 0.1) is 14.8 Å². The van der Waals surface area contributed by atoms with E-state index >= 15 is 0 Å². The lowest BCUT2D eigenvalue weighted by molar-refractivity contribution is 0.628. The summed E-state index contributed by atoms with van der Waals surface area (Å²) in [7, 11) is 0. The van der Waals surface area contributed by atoms with Gasteiger partial charge in [0.15, 0.2) is 0 Å². The molecule has 1 aliphatic rings. The van der Waals surface area contributed by atoms with Crippen molar-refractivity contribution >= 4 is 37.9 Å². The molecule has 0 amide bonds. The quantitative estimate of drug-likeness (QED) is 0.366. The van der Waals surface area contributed by atoms with E-state index in [9.17, 15) is 4.39 Å². The molecule has 2 aromatic carbocycles. The van der Waals surface area contributed by atoms with Crippen molar-refractivity contribution < 1.29 is 4.39 Å². The molecule has 1 nitrogen and oxygen atoms in total. The standard InChI is InChI=1S/C23H18Br2FN/c1-14-21(15-9-11-18(26)12-10-15)19(13-20(24)25)23(17-7-8-17)27-22(14)16-5-3-2-4-6-16/h2-6,9-13,17H,7-8H2,1H3. The minimum absolute atomic E-state index is 0.227. The first-order valence-corrected chi connectivity index (χ1v) is 10.5. The van der Waals surface area contributed by atoms with Crippen molar-refractivity contribution in [1.82, 2.24) is 4.98 Å². The third-order valence-corrected chi connectivity index (χ3v) is 5.36. The number of hydrogen-bond acceptors (Lipinski definition) is 1. The largest absolute Gasteiger partial charge is 0.252 e. The summed E-state index contributed by atoms with van der Waals surface area (Å²) in [5.41, 5.74) is 7.54. The third kappa shape index (κ3) is 3.92. The van der Waals surface area contributed by atoms with Gasteiger partial charge in [-0.3, -0.25) is 4.98 Å². The van der Waals surface area contributed by atoms with E-state index in [0.717, 1.165) is 55.4 Å². The zero-order chi connectivity index (χ0) is 19.0. The van der Waals surface area contributed by atoms with E-state index in [0.29, 0.717) is 5.92 Å². The lowest BCUT2D eigenvalue weighted by Crippen LogP contribution is -2.02. The van der Waals surface area contributed by atoms with E-state index in [1.54, 1.807) is 0 Å². The number of rotatable bonds is 4. The molecule has 0 saturated heterocycles. The number of hydrogen-bond donors (Lipinski definition) is 0. The Morgan fingerprint density at radius 3 is 2.26 bits per heavy atom. The molecule has 0 aliphatic heterocycles. The van der Waals surface area contributed by atoms with Crippen LogP contribution in [0.2, 0.25) is 0 Å². The second-order valence-electron chi connectivity index (χ2n) is 6.84. The first kappa shape index (κ1) is 18.6. The summed E-state index contributed by atoms with van der Waals surface area (Å²) in [6.07, 6.45) is 4.39. The third-order valence-electron chi connectivity index (χ3n) is 4.91. The van der Waals surface area contributed by atoms with Gasteiger partial charge in [-0.1, -0.05) is 42.5 Å². The van der Waals surface area contributed by atoms with Crippen molar-refractivity contribution in [2.75, 3.05) is 0 Å². The molecule has 0 spiro atoms. The number of nitrogens with zero attached hydrogens (tertiary/aromatic N) is 1. The molecule has 0 radical (unpaired) electrons. The minimum Gasteiger partial charge on any atom is -0.252 e. The Morgan fingerprint density at radius 1 is 1.00 bits per heavy atom. The van der Waals surface area contributed by atoms with Crippen LogP contribution >= 0.6 is 31.9 Å². The van der Waals surface area contributed by atoms with Gasteiger partial charge in [-0.2, -0.15) is 0 Å². The average molecular weight is 487 g/mol. The maximum atomic E-state index is 13.5. The van der Waals surface area contributed by atoms with Crippen LogP contribution in [0.25, 0.3) is 28.5 Å². The van der Waals surface area contributed by atoms with E-state index in [1.165, 1.54) is 12.1 Å². The van der Waals surface area contributed by atoms with Crippen LogP contribution in [0, 0.1) is 12.7 Å². The Bertz CT molecular complexity index is 1000. The Hall–Kier alpha value is -1.78. The minimum atomic E-state index is -0.227. The molecule has 27 heavy (non-hydrogen) atoms. The van der Waals surface area contributed by atoms with Crippen LogP contribution in [0.3, 0.4) is 0 Å². The van der Waals surface area contributed by atoms with Crippen molar-refractivity contribution in [3.8, 4) is 22.4 Å². The van der Waals surface area contributed by atoms with Crippen LogP contribution in [-0.4, -0.2) is 4.98 Å². The van der Waals surface area contributed by atoms with Gasteiger partial charge in [-0.05, 0) is 86.5 Å². The molecule has 1 fully saturated rings. The second-order valence-corrected chi connectivity index (χ2v) is 9.61. The van der Waals surface area contributed by atoms with Gasteiger partial charge in [-0.25, -0.2) is 4.39 Å². The number of pyridine rings is 1. The molecule has 1 saturated carbocycles. The molecule has 1 aliphatic carbocycles. The van der Waals surface area contributed by atoms with Gasteiger partial charge in [0.1, 0.15) is 5.82 Å². The lowest BCUT2D eigenvalue weighted by Gasteiger charge is -2.19. The van der Waals surface area contributed by atoms with E-state index in [-0.39, 0.29) is 5.82 Å². The Balaban J connectivity index is 2.05. The van der Waals surface area contributed by atoms with E-state index in [2.05, 4.69) is 57.0 Å². The topological polar surface area (TPSA) is 12.9 Å². The van der Waals surface area contributed by atoms with E-state index in [4.69, 9.17) is 4.98 Å². The molecular weight excluding hydrogens is 469 g/mol. The monoisotopic (exact) mass is 485 g/mol. The highest BCUT2D eigenvalue weighted by molar-refractivity contribution is 9.28. The Labute approximate surface area is 175 Å². The summed E-state index contributed by atoms with van der Waals surface area (Å²) >= 11 is 7.02. The van der Waals surface area contributed by atoms with E-state index < -0.39 is 0 Å². The summed E-state index contributed by atoms with van der Waals surface area (Å²) in [5, 5.41) is 0.